The molecular formula is C30H34N8. The average molecular weight is 507 g/mol. The number of benzene rings is 3. The van der Waals surface area contributed by atoms with Crippen LogP contribution in [0.3, 0.4) is 0 Å². The van der Waals surface area contributed by atoms with Crippen LogP contribution in [-0.2, 0) is 0 Å². The van der Waals surface area contributed by atoms with Crippen LogP contribution in [0.2, 0.25) is 0 Å². The first-order valence-corrected chi connectivity index (χ1v) is 12.6. The van der Waals surface area contributed by atoms with Crippen LogP contribution in [0.25, 0.3) is 22.0 Å². The number of nitrogens with zero attached hydrogens (tertiary/aromatic N) is 5. The number of rotatable bonds is 4. The summed E-state index contributed by atoms with van der Waals surface area (Å²) >= 11 is 0. The minimum absolute atomic E-state index is 0.141. The average Bonchev–Trinajstić information content (AvgIpc) is 3.51. The van der Waals surface area contributed by atoms with Gasteiger partial charge in [0.05, 0.1) is 11.4 Å². The molecule has 1 unspecified atom stereocenters. The minimum atomic E-state index is 0.141. The third kappa shape index (κ3) is 4.28. The van der Waals surface area contributed by atoms with Crippen LogP contribution in [-0.4, -0.2) is 62.8 Å². The van der Waals surface area contributed by atoms with Crippen molar-refractivity contribution in [3.05, 3.63) is 78.0 Å². The lowest BCUT2D eigenvalue weighted by molar-refractivity contribution is 0.603. The number of guanidine groups is 2. The van der Waals surface area contributed by atoms with E-state index in [2.05, 4.69) is 77.7 Å². The van der Waals surface area contributed by atoms with Crippen LogP contribution < -0.4 is 15.5 Å². The van der Waals surface area contributed by atoms with E-state index in [9.17, 15) is 0 Å². The van der Waals surface area contributed by atoms with Gasteiger partial charge in [-0.1, -0.05) is 25.1 Å². The smallest absolute Gasteiger partial charge is 0.197 e. The fraction of sp³-hybridized carbons (Fsp3) is 0.233. The van der Waals surface area contributed by atoms with Crippen molar-refractivity contribution in [2.24, 2.45) is 15.7 Å². The van der Waals surface area contributed by atoms with E-state index in [0.717, 1.165) is 50.4 Å². The van der Waals surface area contributed by atoms with E-state index >= 15 is 0 Å². The standard InChI is InChI=1S/C30H34N8/c1-18-23-16-22(37(5)29(31)33-2)12-14-27(23)35-28(18)25-17-34-26-13-9-20(15-24(25)26)19-7-10-21(11-8-19)38(6)30(32)36(3)4/h7-18,32,34H,1-6H3,(H2,31,33). The Morgan fingerprint density at radius 2 is 1.61 bits per heavy atom. The maximum Gasteiger partial charge on any atom is 0.197 e. The second kappa shape index (κ2) is 9.70. The van der Waals surface area contributed by atoms with Gasteiger partial charge < -0.3 is 25.4 Å². The summed E-state index contributed by atoms with van der Waals surface area (Å²) in [6.07, 6.45) is 2.06. The number of aliphatic imine (C=N–C) groups is 2. The predicted molar refractivity (Wildman–Crippen MR) is 161 cm³/mol. The minimum Gasteiger partial charge on any atom is -0.370 e. The van der Waals surface area contributed by atoms with Gasteiger partial charge in [-0.05, 0) is 59.2 Å². The van der Waals surface area contributed by atoms with Gasteiger partial charge in [-0.2, -0.15) is 0 Å². The van der Waals surface area contributed by atoms with Crippen LogP contribution in [0, 0.1) is 5.41 Å². The summed E-state index contributed by atoms with van der Waals surface area (Å²) in [4.78, 5) is 18.1. The summed E-state index contributed by atoms with van der Waals surface area (Å²) in [7, 11) is 9.27. The Balaban J connectivity index is 1.46. The van der Waals surface area contributed by atoms with Gasteiger partial charge in [-0.15, -0.1) is 0 Å². The van der Waals surface area contributed by atoms with Gasteiger partial charge in [0.15, 0.2) is 11.9 Å². The van der Waals surface area contributed by atoms with Crippen LogP contribution in [0.15, 0.2) is 76.8 Å². The van der Waals surface area contributed by atoms with E-state index < -0.39 is 0 Å². The number of hydrogen-bond acceptors (Lipinski definition) is 3. The van der Waals surface area contributed by atoms with Gasteiger partial charge in [0.2, 0.25) is 0 Å². The number of nitrogens with one attached hydrogen (secondary N) is 2. The normalized spacial score (nSPS) is 14.8. The van der Waals surface area contributed by atoms with Gasteiger partial charge in [-0.3, -0.25) is 15.4 Å². The highest BCUT2D eigenvalue weighted by Crippen LogP contribution is 2.41. The van der Waals surface area contributed by atoms with Crippen LogP contribution >= 0.6 is 0 Å². The molecule has 8 nitrogen and oxygen atoms in total. The first-order valence-electron chi connectivity index (χ1n) is 12.6. The molecule has 1 aromatic heterocycles. The van der Waals surface area contributed by atoms with Gasteiger partial charge in [0.25, 0.3) is 0 Å². The molecule has 1 aliphatic rings. The third-order valence-corrected chi connectivity index (χ3v) is 7.38. The number of aromatic amines is 1. The van der Waals surface area contributed by atoms with E-state index in [4.69, 9.17) is 16.1 Å². The fourth-order valence-electron chi connectivity index (χ4n) is 4.96. The first-order chi connectivity index (χ1) is 18.2. The third-order valence-electron chi connectivity index (χ3n) is 7.38. The highest BCUT2D eigenvalue weighted by molar-refractivity contribution is 6.17. The van der Waals surface area contributed by atoms with E-state index in [0.29, 0.717) is 11.9 Å². The second-order valence-electron chi connectivity index (χ2n) is 9.89. The predicted octanol–water partition coefficient (Wildman–Crippen LogP) is 5.39. The highest BCUT2D eigenvalue weighted by atomic mass is 15.3. The van der Waals surface area contributed by atoms with E-state index in [1.807, 2.05) is 44.1 Å². The molecule has 0 bridgehead atoms. The summed E-state index contributed by atoms with van der Waals surface area (Å²) in [5.41, 5.74) is 15.7. The van der Waals surface area contributed by atoms with Crippen molar-refractivity contribution >= 4 is 45.6 Å². The molecule has 4 aromatic rings. The van der Waals surface area contributed by atoms with Gasteiger partial charge in [0.1, 0.15) is 0 Å². The summed E-state index contributed by atoms with van der Waals surface area (Å²) in [6.45, 7) is 2.20. The zero-order chi connectivity index (χ0) is 27.1. The number of aromatic nitrogens is 1. The molecule has 0 spiro atoms. The first kappa shape index (κ1) is 25.1. The largest absolute Gasteiger partial charge is 0.370 e. The number of nitrogens with two attached hydrogens (primary N) is 1. The maximum absolute atomic E-state index is 8.23. The molecule has 2 heterocycles. The van der Waals surface area contributed by atoms with Crippen molar-refractivity contribution in [3.8, 4) is 11.1 Å². The summed E-state index contributed by atoms with van der Waals surface area (Å²) < 4.78 is 0. The Morgan fingerprint density at radius 3 is 2.29 bits per heavy atom. The summed E-state index contributed by atoms with van der Waals surface area (Å²) in [5, 5.41) is 9.38. The van der Waals surface area contributed by atoms with Crippen LogP contribution in [0.4, 0.5) is 17.1 Å². The Morgan fingerprint density at radius 1 is 0.921 bits per heavy atom. The molecule has 1 atom stereocenters. The van der Waals surface area contributed by atoms with Crippen molar-refractivity contribution in [1.82, 2.24) is 9.88 Å². The molecule has 5 rings (SSSR count). The SMILES string of the molecule is CN=C(N)N(C)c1ccc2c(c1)C(C)C(c1c[nH]c3ccc(-c4ccc(N(C)C(=N)N(C)C)cc4)cc13)=N2. The molecule has 194 valence electrons. The topological polar surface area (TPSA) is 100 Å². The van der Waals surface area contributed by atoms with Crippen molar-refractivity contribution < 1.29 is 0 Å². The molecule has 8 heteroatoms. The Hall–Kier alpha value is -4.59. The Kier molecular flexibility index (Phi) is 6.40. The molecule has 0 amide bonds. The second-order valence-corrected chi connectivity index (χ2v) is 9.89. The van der Waals surface area contributed by atoms with Crippen molar-refractivity contribution in [2.75, 3.05) is 45.0 Å². The Labute approximate surface area is 223 Å². The molecule has 3 aromatic carbocycles. The molecule has 4 N–H and O–H groups in total. The van der Waals surface area contributed by atoms with Crippen LogP contribution in [0.5, 0.6) is 0 Å². The molecule has 0 fully saturated rings. The van der Waals surface area contributed by atoms with Crippen molar-refractivity contribution in [1.29, 1.82) is 5.41 Å². The molecule has 38 heavy (non-hydrogen) atoms. The lowest BCUT2D eigenvalue weighted by Crippen LogP contribution is -2.37. The van der Waals surface area contributed by atoms with Crippen molar-refractivity contribution in [3.63, 3.8) is 0 Å². The molecule has 0 aliphatic carbocycles. The molecule has 1 aliphatic heterocycles. The van der Waals surface area contributed by atoms with Gasteiger partial charge in [0, 0.05) is 75.2 Å². The van der Waals surface area contributed by atoms with Gasteiger partial charge >= 0.3 is 0 Å². The number of H-pyrrole nitrogens is 1. The zero-order valence-electron chi connectivity index (χ0n) is 22.7. The van der Waals surface area contributed by atoms with Crippen LogP contribution in [0.1, 0.15) is 24.0 Å². The molecule has 0 radical (unpaired) electrons. The van der Waals surface area contributed by atoms with Gasteiger partial charge in [-0.25, -0.2) is 0 Å². The monoisotopic (exact) mass is 506 g/mol. The summed E-state index contributed by atoms with van der Waals surface area (Å²) in [6, 6.07) is 21.1. The quantitative estimate of drug-likeness (QED) is 0.255. The highest BCUT2D eigenvalue weighted by Gasteiger charge is 2.27. The van der Waals surface area contributed by atoms with E-state index in [1.54, 1.807) is 11.9 Å². The zero-order valence-corrected chi connectivity index (χ0v) is 22.7. The lowest BCUT2D eigenvalue weighted by Gasteiger charge is -2.25. The molecular weight excluding hydrogens is 472 g/mol. The number of fused-ring (bicyclic) bond motifs is 2. The Bertz CT molecular complexity index is 1580. The maximum atomic E-state index is 8.23. The van der Waals surface area contributed by atoms with E-state index in [1.165, 1.54) is 5.56 Å². The lowest BCUT2D eigenvalue weighted by atomic mass is 9.92. The van der Waals surface area contributed by atoms with E-state index in [-0.39, 0.29) is 5.92 Å². The number of hydrogen-bond donors (Lipinski definition) is 3. The molecule has 0 saturated carbocycles. The molecule has 0 saturated heterocycles. The van der Waals surface area contributed by atoms with Crippen molar-refractivity contribution in [2.45, 2.75) is 12.8 Å². The number of anilines is 2. The summed E-state index contributed by atoms with van der Waals surface area (Å²) in [5.74, 6) is 1.04. The fourth-order valence-corrected chi connectivity index (χ4v) is 4.96.